The van der Waals surface area contributed by atoms with E-state index in [-0.39, 0.29) is 29.6 Å². The Bertz CT molecular complexity index is 1430. The highest BCUT2D eigenvalue weighted by Crippen LogP contribution is 2.35. The number of rotatable bonds is 7. The second kappa shape index (κ2) is 11.3. The summed E-state index contributed by atoms with van der Waals surface area (Å²) in [6.07, 6.45) is 1.99. The van der Waals surface area contributed by atoms with Crippen molar-refractivity contribution in [2.45, 2.75) is 58.8 Å². The molecule has 1 amide bonds. The predicted octanol–water partition coefficient (Wildman–Crippen LogP) is 3.63. The standard InChI is InChI=1S/C29H37N5O6/c1-29(2,3)24-16-21(34(28(36)37)18-20-15-22-23(17-30-20)40-14-13-39-22)9-10-32(24)11-12-33-26(35)8-6-19-5-7-25(38-4)31-27(19)33/h5-8,15,17,21,24H,9-14,16,18H2,1-4H3,(H,36,37). The largest absolute Gasteiger partial charge is 0.486 e. The number of hydrogen-bond donors (Lipinski definition) is 1. The Kier molecular flexibility index (Phi) is 7.84. The lowest BCUT2D eigenvalue weighted by atomic mass is 9.78. The fourth-order valence-corrected chi connectivity index (χ4v) is 5.75. The van der Waals surface area contributed by atoms with Crippen LogP contribution in [0.5, 0.6) is 17.4 Å². The van der Waals surface area contributed by atoms with Crippen molar-refractivity contribution in [1.29, 1.82) is 0 Å². The van der Waals surface area contributed by atoms with Gasteiger partial charge in [-0.15, -0.1) is 0 Å². The summed E-state index contributed by atoms with van der Waals surface area (Å²) >= 11 is 0. The van der Waals surface area contributed by atoms with Gasteiger partial charge in [-0.2, -0.15) is 4.98 Å². The molecule has 0 aromatic carbocycles. The molecule has 2 atom stereocenters. The summed E-state index contributed by atoms with van der Waals surface area (Å²) in [5.41, 5.74) is 1.00. The van der Waals surface area contributed by atoms with Crippen molar-refractivity contribution in [2.75, 3.05) is 33.4 Å². The topological polar surface area (TPSA) is 119 Å². The van der Waals surface area contributed by atoms with Gasteiger partial charge in [0.25, 0.3) is 5.56 Å². The van der Waals surface area contributed by atoms with E-state index >= 15 is 0 Å². The third-order valence-corrected chi connectivity index (χ3v) is 7.82. The van der Waals surface area contributed by atoms with E-state index in [0.29, 0.717) is 74.4 Å². The molecule has 0 saturated carbocycles. The molecule has 11 heteroatoms. The summed E-state index contributed by atoms with van der Waals surface area (Å²) in [4.78, 5) is 38.1. The molecule has 40 heavy (non-hydrogen) atoms. The van der Waals surface area contributed by atoms with Crippen LogP contribution in [0.15, 0.2) is 41.3 Å². The van der Waals surface area contributed by atoms with Gasteiger partial charge < -0.3 is 19.3 Å². The molecule has 5 rings (SSSR count). The molecule has 214 valence electrons. The second-order valence-corrected chi connectivity index (χ2v) is 11.4. The first-order chi connectivity index (χ1) is 19.1. The SMILES string of the molecule is COc1ccc2ccc(=O)n(CCN3CCC(N(Cc4cc5c(cn4)OCCO5)C(=O)O)CC3C(C)(C)C)c2n1. The van der Waals surface area contributed by atoms with Gasteiger partial charge >= 0.3 is 6.09 Å². The van der Waals surface area contributed by atoms with Gasteiger partial charge in [0, 0.05) is 55.3 Å². The Morgan fingerprint density at radius 1 is 1.15 bits per heavy atom. The fraction of sp³-hybridized carbons (Fsp3) is 0.517. The molecule has 1 N–H and O–H groups in total. The molecule has 3 aromatic heterocycles. The van der Waals surface area contributed by atoms with Gasteiger partial charge in [-0.3, -0.25) is 24.1 Å². The van der Waals surface area contributed by atoms with Crippen molar-refractivity contribution < 1.29 is 24.1 Å². The number of ether oxygens (including phenoxy) is 3. The normalized spacial score (nSPS) is 19.4. The molecule has 2 aliphatic rings. The van der Waals surface area contributed by atoms with Crippen LogP contribution in [0.1, 0.15) is 39.3 Å². The lowest BCUT2D eigenvalue weighted by Crippen LogP contribution is -2.55. The lowest BCUT2D eigenvalue weighted by molar-refractivity contribution is 0.0128. The van der Waals surface area contributed by atoms with E-state index in [2.05, 4.69) is 35.6 Å². The van der Waals surface area contributed by atoms with Crippen LogP contribution >= 0.6 is 0 Å². The number of aromatic nitrogens is 3. The Morgan fingerprint density at radius 3 is 2.62 bits per heavy atom. The van der Waals surface area contributed by atoms with Crippen molar-refractivity contribution in [3.8, 4) is 17.4 Å². The van der Waals surface area contributed by atoms with Crippen LogP contribution < -0.4 is 19.8 Å². The zero-order chi connectivity index (χ0) is 28.4. The number of carboxylic acid groups (broad SMARTS) is 1. The van der Waals surface area contributed by atoms with Gasteiger partial charge in [0.1, 0.15) is 18.9 Å². The predicted molar refractivity (Wildman–Crippen MR) is 149 cm³/mol. The van der Waals surface area contributed by atoms with E-state index < -0.39 is 6.09 Å². The number of piperidine rings is 1. The van der Waals surface area contributed by atoms with E-state index in [1.807, 2.05) is 6.07 Å². The van der Waals surface area contributed by atoms with Crippen LogP contribution in [0.4, 0.5) is 4.79 Å². The van der Waals surface area contributed by atoms with Crippen LogP contribution in [0.2, 0.25) is 0 Å². The molecule has 1 fully saturated rings. The van der Waals surface area contributed by atoms with Gasteiger partial charge in [0.15, 0.2) is 11.5 Å². The molecule has 0 aliphatic carbocycles. The average molecular weight is 552 g/mol. The molecule has 3 aromatic rings. The molecule has 2 aliphatic heterocycles. The summed E-state index contributed by atoms with van der Waals surface area (Å²) in [6.45, 7) is 9.46. The molecule has 2 unspecified atom stereocenters. The zero-order valence-corrected chi connectivity index (χ0v) is 23.5. The molecular weight excluding hydrogens is 514 g/mol. The highest BCUT2D eigenvalue weighted by Gasteiger charge is 2.39. The van der Waals surface area contributed by atoms with Crippen LogP contribution in [0.25, 0.3) is 11.0 Å². The minimum absolute atomic E-state index is 0.106. The van der Waals surface area contributed by atoms with Gasteiger partial charge in [-0.1, -0.05) is 20.8 Å². The molecule has 0 spiro atoms. The molecular formula is C29H37N5O6. The number of nitrogens with zero attached hydrogens (tertiary/aromatic N) is 5. The molecule has 0 radical (unpaired) electrons. The summed E-state index contributed by atoms with van der Waals surface area (Å²) in [5.74, 6) is 1.64. The lowest BCUT2D eigenvalue weighted by Gasteiger charge is -2.48. The van der Waals surface area contributed by atoms with Gasteiger partial charge in [-0.25, -0.2) is 4.79 Å². The highest BCUT2D eigenvalue weighted by atomic mass is 16.6. The number of fused-ring (bicyclic) bond motifs is 2. The zero-order valence-electron chi connectivity index (χ0n) is 23.5. The van der Waals surface area contributed by atoms with Crippen molar-refractivity contribution in [2.24, 2.45) is 5.41 Å². The van der Waals surface area contributed by atoms with Crippen molar-refractivity contribution in [3.63, 3.8) is 0 Å². The maximum atomic E-state index is 12.8. The van der Waals surface area contributed by atoms with E-state index in [9.17, 15) is 14.7 Å². The number of methoxy groups -OCH3 is 1. The van der Waals surface area contributed by atoms with Crippen molar-refractivity contribution >= 4 is 17.1 Å². The summed E-state index contributed by atoms with van der Waals surface area (Å²) in [7, 11) is 1.56. The minimum Gasteiger partial charge on any atom is -0.486 e. The second-order valence-electron chi connectivity index (χ2n) is 11.4. The smallest absolute Gasteiger partial charge is 0.407 e. The molecule has 1 saturated heterocycles. The van der Waals surface area contributed by atoms with E-state index in [1.54, 1.807) is 42.1 Å². The van der Waals surface area contributed by atoms with Crippen LogP contribution in [0, 0.1) is 5.41 Å². The Balaban J connectivity index is 1.33. The van der Waals surface area contributed by atoms with Crippen LogP contribution in [-0.4, -0.2) is 81.0 Å². The van der Waals surface area contributed by atoms with Gasteiger partial charge in [0.05, 0.1) is 25.5 Å². The summed E-state index contributed by atoms with van der Waals surface area (Å²) < 4.78 is 18.2. The van der Waals surface area contributed by atoms with E-state index in [0.717, 1.165) is 5.39 Å². The third kappa shape index (κ3) is 5.84. The number of pyridine rings is 3. The van der Waals surface area contributed by atoms with Crippen molar-refractivity contribution in [3.05, 3.63) is 52.6 Å². The van der Waals surface area contributed by atoms with Crippen molar-refractivity contribution in [1.82, 2.24) is 24.3 Å². The number of hydrogen-bond acceptors (Lipinski definition) is 8. The number of likely N-dealkylation sites (tertiary alicyclic amines) is 1. The third-order valence-electron chi connectivity index (χ3n) is 7.82. The first-order valence-corrected chi connectivity index (χ1v) is 13.7. The Morgan fingerprint density at radius 2 is 1.90 bits per heavy atom. The molecule has 0 bridgehead atoms. The Hall–Kier alpha value is -3.86. The summed E-state index contributed by atoms with van der Waals surface area (Å²) in [6, 6.07) is 8.74. The molecule has 5 heterocycles. The fourth-order valence-electron chi connectivity index (χ4n) is 5.75. The summed E-state index contributed by atoms with van der Waals surface area (Å²) in [5, 5.41) is 11.1. The quantitative estimate of drug-likeness (QED) is 0.469. The minimum atomic E-state index is -0.967. The Labute approximate surface area is 233 Å². The molecule has 11 nitrogen and oxygen atoms in total. The maximum Gasteiger partial charge on any atom is 0.407 e. The van der Waals surface area contributed by atoms with Crippen LogP contribution in [-0.2, 0) is 13.1 Å². The first kappa shape index (κ1) is 27.7. The number of carbonyl (C=O) groups is 1. The van der Waals surface area contributed by atoms with Gasteiger partial charge in [0.2, 0.25) is 5.88 Å². The van der Waals surface area contributed by atoms with E-state index in [1.165, 1.54) is 4.90 Å². The van der Waals surface area contributed by atoms with Crippen LogP contribution in [0.3, 0.4) is 0 Å². The monoisotopic (exact) mass is 551 g/mol. The average Bonchev–Trinajstić information content (AvgIpc) is 2.94. The van der Waals surface area contributed by atoms with Gasteiger partial charge in [-0.05, 0) is 30.4 Å². The van der Waals surface area contributed by atoms with E-state index in [4.69, 9.17) is 14.2 Å². The first-order valence-electron chi connectivity index (χ1n) is 13.7. The maximum absolute atomic E-state index is 12.8. The highest BCUT2D eigenvalue weighted by molar-refractivity contribution is 5.75. The number of amides is 1.